The van der Waals surface area contributed by atoms with E-state index in [2.05, 4.69) is 4.72 Å². The Morgan fingerprint density at radius 1 is 1.40 bits per heavy atom. The van der Waals surface area contributed by atoms with E-state index in [9.17, 15) is 13.2 Å². The molecule has 2 atom stereocenters. The molecule has 0 aliphatic carbocycles. The molecule has 0 heterocycles. The molecule has 15 heavy (non-hydrogen) atoms. The molecule has 0 saturated carbocycles. The van der Waals surface area contributed by atoms with E-state index >= 15 is 0 Å². The second kappa shape index (κ2) is 5.43. The van der Waals surface area contributed by atoms with Gasteiger partial charge in [-0.05, 0) is 13.8 Å². The predicted octanol–water partition coefficient (Wildman–Crippen LogP) is -1.27. The Kier molecular flexibility index (Phi) is 5.19. The molecule has 0 radical (unpaired) electrons. The van der Waals surface area contributed by atoms with Gasteiger partial charge in [-0.15, -0.1) is 0 Å². The van der Waals surface area contributed by atoms with Crippen LogP contribution in [0, 0.1) is 0 Å². The summed E-state index contributed by atoms with van der Waals surface area (Å²) in [5, 5.41) is -0.699. The zero-order valence-electron chi connectivity index (χ0n) is 9.52. The minimum absolute atomic E-state index is 0.0260. The number of nitrogens with zero attached hydrogens (tertiary/aromatic N) is 1. The first-order valence-corrected chi connectivity index (χ1v) is 6.19. The molecule has 0 aromatic rings. The predicted molar refractivity (Wildman–Crippen MR) is 58.7 cm³/mol. The van der Waals surface area contributed by atoms with Crippen LogP contribution >= 0.6 is 0 Å². The molecular weight excluding hydrogens is 218 g/mol. The highest BCUT2D eigenvalue weighted by atomic mass is 32.2. The maximum Gasteiger partial charge on any atom is 0.239 e. The van der Waals surface area contributed by atoms with Crippen LogP contribution in [0.5, 0.6) is 0 Å². The SMILES string of the molecule is CC(NS(=O)(=O)C(C)CN)C(=O)N(C)C. The molecule has 90 valence electrons. The first-order chi connectivity index (χ1) is 6.72. The van der Waals surface area contributed by atoms with Gasteiger partial charge in [0.15, 0.2) is 0 Å². The van der Waals surface area contributed by atoms with E-state index in [1.807, 2.05) is 0 Å². The van der Waals surface area contributed by atoms with Crippen LogP contribution in [0.3, 0.4) is 0 Å². The van der Waals surface area contributed by atoms with Gasteiger partial charge in [0.2, 0.25) is 15.9 Å². The fourth-order valence-electron chi connectivity index (χ4n) is 0.927. The van der Waals surface area contributed by atoms with Gasteiger partial charge >= 0.3 is 0 Å². The average molecular weight is 237 g/mol. The van der Waals surface area contributed by atoms with Crippen molar-refractivity contribution in [3.05, 3.63) is 0 Å². The standard InChI is InChI=1S/C8H19N3O3S/c1-6(5-9)15(13,14)10-7(2)8(12)11(3)4/h6-7,10H,5,9H2,1-4H3. The lowest BCUT2D eigenvalue weighted by molar-refractivity contribution is -0.130. The molecule has 0 aliphatic heterocycles. The first-order valence-electron chi connectivity index (χ1n) is 4.64. The second-order valence-corrected chi connectivity index (χ2v) is 5.79. The summed E-state index contributed by atoms with van der Waals surface area (Å²) in [4.78, 5) is 12.7. The van der Waals surface area contributed by atoms with Gasteiger partial charge in [-0.1, -0.05) is 0 Å². The molecule has 6 nitrogen and oxygen atoms in total. The van der Waals surface area contributed by atoms with Gasteiger partial charge in [0.1, 0.15) is 0 Å². The van der Waals surface area contributed by atoms with Crippen molar-refractivity contribution >= 4 is 15.9 Å². The summed E-state index contributed by atoms with van der Waals surface area (Å²) in [5.41, 5.74) is 5.26. The summed E-state index contributed by atoms with van der Waals surface area (Å²) in [6.07, 6.45) is 0. The number of carbonyl (C=O) groups is 1. The third kappa shape index (κ3) is 4.15. The zero-order chi connectivity index (χ0) is 12.2. The van der Waals surface area contributed by atoms with E-state index in [0.29, 0.717) is 0 Å². The largest absolute Gasteiger partial charge is 0.347 e. The second-order valence-electron chi connectivity index (χ2n) is 3.66. The van der Waals surface area contributed by atoms with E-state index in [1.165, 1.54) is 18.7 Å². The van der Waals surface area contributed by atoms with Crippen LogP contribution in [0.1, 0.15) is 13.8 Å². The van der Waals surface area contributed by atoms with E-state index in [0.717, 1.165) is 0 Å². The molecule has 0 fully saturated rings. The highest BCUT2D eigenvalue weighted by molar-refractivity contribution is 7.90. The van der Waals surface area contributed by atoms with Crippen molar-refractivity contribution in [1.29, 1.82) is 0 Å². The van der Waals surface area contributed by atoms with Gasteiger partial charge in [-0.25, -0.2) is 13.1 Å². The van der Waals surface area contributed by atoms with Gasteiger partial charge < -0.3 is 10.6 Å². The van der Waals surface area contributed by atoms with Crippen LogP contribution in [0.2, 0.25) is 0 Å². The summed E-state index contributed by atoms with van der Waals surface area (Å²) in [6.45, 7) is 3.02. The van der Waals surface area contributed by atoms with E-state index in [4.69, 9.17) is 5.73 Å². The molecule has 0 bridgehead atoms. The molecule has 0 aromatic carbocycles. The molecule has 2 unspecified atom stereocenters. The van der Waals surface area contributed by atoms with Gasteiger partial charge in [-0.2, -0.15) is 0 Å². The van der Waals surface area contributed by atoms with Crippen molar-refractivity contribution in [3.63, 3.8) is 0 Å². The molecule has 1 amide bonds. The Morgan fingerprint density at radius 3 is 2.20 bits per heavy atom. The first kappa shape index (κ1) is 14.3. The fourth-order valence-corrected chi connectivity index (χ4v) is 2.01. The molecule has 0 aromatic heterocycles. The third-order valence-electron chi connectivity index (χ3n) is 2.01. The summed E-state index contributed by atoms with van der Waals surface area (Å²) < 4.78 is 25.4. The molecule has 0 spiro atoms. The van der Waals surface area contributed by atoms with Crippen molar-refractivity contribution in [2.24, 2.45) is 5.73 Å². The highest BCUT2D eigenvalue weighted by Gasteiger charge is 2.25. The number of nitrogens with one attached hydrogen (secondary N) is 1. The Hall–Kier alpha value is -0.660. The van der Waals surface area contributed by atoms with E-state index in [1.54, 1.807) is 14.1 Å². The van der Waals surface area contributed by atoms with Crippen LogP contribution in [-0.4, -0.2) is 51.2 Å². The van der Waals surface area contributed by atoms with Crippen LogP contribution in [0.25, 0.3) is 0 Å². The monoisotopic (exact) mass is 237 g/mol. The summed E-state index contributed by atoms with van der Waals surface area (Å²) in [6, 6.07) is -0.765. The van der Waals surface area contributed by atoms with Crippen LogP contribution in [0.15, 0.2) is 0 Å². The normalized spacial score (nSPS) is 15.8. The molecular formula is C8H19N3O3S. The average Bonchev–Trinajstić information content (AvgIpc) is 2.14. The van der Waals surface area contributed by atoms with Crippen molar-refractivity contribution in [3.8, 4) is 0 Å². The molecule has 0 saturated heterocycles. The number of rotatable bonds is 5. The molecule has 0 rings (SSSR count). The zero-order valence-corrected chi connectivity index (χ0v) is 10.3. The fraction of sp³-hybridized carbons (Fsp3) is 0.875. The van der Waals surface area contributed by atoms with Crippen molar-refractivity contribution in [1.82, 2.24) is 9.62 Å². The van der Waals surface area contributed by atoms with E-state index in [-0.39, 0.29) is 12.5 Å². The number of sulfonamides is 1. The number of nitrogens with two attached hydrogens (primary N) is 1. The maximum atomic E-state index is 11.5. The lowest BCUT2D eigenvalue weighted by Gasteiger charge is -2.19. The Morgan fingerprint density at radius 2 is 1.87 bits per heavy atom. The summed E-state index contributed by atoms with van der Waals surface area (Å²) in [7, 11) is -0.373. The lowest BCUT2D eigenvalue weighted by Crippen LogP contribution is -2.48. The highest BCUT2D eigenvalue weighted by Crippen LogP contribution is 1.99. The summed E-state index contributed by atoms with van der Waals surface area (Å²) >= 11 is 0. The van der Waals surface area contributed by atoms with Gasteiger partial charge in [0.05, 0.1) is 11.3 Å². The van der Waals surface area contributed by atoms with Crippen molar-refractivity contribution in [2.75, 3.05) is 20.6 Å². The minimum atomic E-state index is -3.51. The van der Waals surface area contributed by atoms with Gasteiger partial charge in [0, 0.05) is 20.6 Å². The number of carbonyl (C=O) groups excluding carboxylic acids is 1. The quantitative estimate of drug-likeness (QED) is 0.623. The topological polar surface area (TPSA) is 92.5 Å². The third-order valence-corrected chi connectivity index (χ3v) is 3.95. The summed E-state index contributed by atoms with van der Waals surface area (Å²) in [5.74, 6) is -0.289. The Balaban J connectivity index is 4.55. The van der Waals surface area contributed by atoms with Crippen molar-refractivity contribution < 1.29 is 13.2 Å². The minimum Gasteiger partial charge on any atom is -0.347 e. The van der Waals surface area contributed by atoms with Gasteiger partial charge in [-0.3, -0.25) is 4.79 Å². The van der Waals surface area contributed by atoms with Gasteiger partial charge in [0.25, 0.3) is 0 Å². The van der Waals surface area contributed by atoms with Crippen LogP contribution < -0.4 is 10.5 Å². The smallest absolute Gasteiger partial charge is 0.239 e. The maximum absolute atomic E-state index is 11.5. The number of amides is 1. The van der Waals surface area contributed by atoms with E-state index < -0.39 is 21.3 Å². The Labute approximate surface area is 90.9 Å². The number of likely N-dealkylation sites (N-methyl/N-ethyl adjacent to an activating group) is 1. The van der Waals surface area contributed by atoms with Crippen LogP contribution in [0.4, 0.5) is 0 Å². The molecule has 7 heteroatoms. The lowest BCUT2D eigenvalue weighted by atomic mass is 10.3. The molecule has 0 aliphatic rings. The number of hydrogen-bond acceptors (Lipinski definition) is 4. The van der Waals surface area contributed by atoms with Crippen molar-refractivity contribution in [2.45, 2.75) is 25.1 Å². The molecule has 3 N–H and O–H groups in total. The van der Waals surface area contributed by atoms with Crippen LogP contribution in [-0.2, 0) is 14.8 Å². The number of hydrogen-bond donors (Lipinski definition) is 2. The Bertz CT molecular complexity index is 313.